The number of carbonyl (C=O) groups excluding carboxylic acids is 3. The van der Waals surface area contributed by atoms with Crippen LogP contribution in [0.1, 0.15) is 24.0 Å². The predicted molar refractivity (Wildman–Crippen MR) is 119 cm³/mol. The fraction of sp³-hybridized carbons (Fsp3) is 0.348. The lowest BCUT2D eigenvalue weighted by atomic mass is 9.85. The van der Waals surface area contributed by atoms with Gasteiger partial charge in [0.05, 0.1) is 0 Å². The van der Waals surface area contributed by atoms with Crippen LogP contribution in [0.5, 0.6) is 0 Å². The number of rotatable bonds is 5. The molecule has 162 valence electrons. The normalized spacial score (nSPS) is 21.1. The van der Waals surface area contributed by atoms with Crippen LogP contribution >= 0.6 is 11.6 Å². The number of urea groups is 1. The van der Waals surface area contributed by atoms with E-state index in [-0.39, 0.29) is 18.7 Å². The second kappa shape index (κ2) is 8.59. The monoisotopic (exact) mass is 440 g/mol. The van der Waals surface area contributed by atoms with Crippen molar-refractivity contribution in [2.45, 2.75) is 25.3 Å². The third-order valence-corrected chi connectivity index (χ3v) is 6.30. The maximum Gasteiger partial charge on any atom is 0.322 e. The molecule has 1 unspecified atom stereocenters. The predicted octanol–water partition coefficient (Wildman–Crippen LogP) is 2.81. The fourth-order valence-corrected chi connectivity index (χ4v) is 4.48. The highest BCUT2D eigenvalue weighted by Gasteiger charge is 2.47. The van der Waals surface area contributed by atoms with Crippen molar-refractivity contribution >= 4 is 35.1 Å². The van der Waals surface area contributed by atoms with Crippen molar-refractivity contribution in [3.63, 3.8) is 0 Å². The van der Waals surface area contributed by atoms with E-state index in [0.717, 1.165) is 11.3 Å². The molecule has 2 aromatic rings. The highest BCUT2D eigenvalue weighted by atomic mass is 35.5. The largest absolute Gasteiger partial charge is 0.368 e. The summed E-state index contributed by atoms with van der Waals surface area (Å²) in [6, 6.07) is 14.4. The zero-order valence-corrected chi connectivity index (χ0v) is 18.1. The molecule has 31 heavy (non-hydrogen) atoms. The zero-order valence-electron chi connectivity index (χ0n) is 17.4. The Kier molecular flexibility index (Phi) is 5.87. The minimum Gasteiger partial charge on any atom is -0.368 e. The number of amides is 4. The molecule has 2 aliphatic rings. The Hall–Kier alpha value is -3.06. The molecule has 0 radical (unpaired) electrons. The van der Waals surface area contributed by atoms with E-state index in [0.29, 0.717) is 36.8 Å². The summed E-state index contributed by atoms with van der Waals surface area (Å²) in [5, 5.41) is 5.75. The van der Waals surface area contributed by atoms with E-state index in [9.17, 15) is 14.4 Å². The molecule has 2 heterocycles. The maximum absolute atomic E-state index is 12.9. The summed E-state index contributed by atoms with van der Waals surface area (Å²) in [4.78, 5) is 41.5. The molecule has 0 saturated carbocycles. The lowest BCUT2D eigenvalue weighted by molar-refractivity contribution is -0.132. The van der Waals surface area contributed by atoms with Crippen molar-refractivity contribution in [3.05, 3.63) is 64.7 Å². The van der Waals surface area contributed by atoms with E-state index < -0.39 is 17.5 Å². The van der Waals surface area contributed by atoms with Crippen molar-refractivity contribution in [3.8, 4) is 0 Å². The van der Waals surface area contributed by atoms with Gasteiger partial charge in [-0.2, -0.15) is 0 Å². The van der Waals surface area contributed by atoms with Crippen LogP contribution in [0.2, 0.25) is 5.02 Å². The SMILES string of the molecule is Cc1ccc(Cl)cc1N1CCN(C(=O)CCC2(c3ccccc3)NC(=O)NC2=O)CC1. The van der Waals surface area contributed by atoms with Gasteiger partial charge in [0, 0.05) is 43.3 Å². The number of hydrogen-bond acceptors (Lipinski definition) is 4. The van der Waals surface area contributed by atoms with E-state index in [1.54, 1.807) is 12.1 Å². The third kappa shape index (κ3) is 4.23. The Bertz CT molecular complexity index is 1010. The van der Waals surface area contributed by atoms with Crippen molar-refractivity contribution < 1.29 is 14.4 Å². The Morgan fingerprint density at radius 3 is 2.42 bits per heavy atom. The minimum atomic E-state index is -1.21. The van der Waals surface area contributed by atoms with Crippen LogP contribution in [0, 0.1) is 6.92 Å². The number of hydrogen-bond donors (Lipinski definition) is 2. The van der Waals surface area contributed by atoms with Gasteiger partial charge in [-0.05, 0) is 36.6 Å². The zero-order chi connectivity index (χ0) is 22.0. The summed E-state index contributed by atoms with van der Waals surface area (Å²) in [5.41, 5.74) is 1.70. The molecule has 1 atom stereocenters. The van der Waals surface area contributed by atoms with Crippen molar-refractivity contribution in [1.29, 1.82) is 0 Å². The number of aryl methyl sites for hydroxylation is 1. The van der Waals surface area contributed by atoms with Crippen LogP contribution in [0.25, 0.3) is 0 Å². The summed E-state index contributed by atoms with van der Waals surface area (Å²) in [5.74, 6) is -0.440. The average Bonchev–Trinajstić information content (AvgIpc) is 3.08. The van der Waals surface area contributed by atoms with Gasteiger partial charge in [-0.15, -0.1) is 0 Å². The van der Waals surface area contributed by atoms with Gasteiger partial charge in [-0.1, -0.05) is 48.0 Å². The number of anilines is 1. The van der Waals surface area contributed by atoms with Gasteiger partial charge in [0.1, 0.15) is 5.54 Å². The van der Waals surface area contributed by atoms with Gasteiger partial charge < -0.3 is 15.1 Å². The van der Waals surface area contributed by atoms with Gasteiger partial charge in [0.2, 0.25) is 5.91 Å². The molecule has 2 aromatic carbocycles. The van der Waals surface area contributed by atoms with Gasteiger partial charge >= 0.3 is 6.03 Å². The van der Waals surface area contributed by atoms with E-state index in [4.69, 9.17) is 11.6 Å². The first-order chi connectivity index (χ1) is 14.9. The minimum absolute atomic E-state index is 0.0216. The smallest absolute Gasteiger partial charge is 0.322 e. The van der Waals surface area contributed by atoms with E-state index in [2.05, 4.69) is 15.5 Å². The van der Waals surface area contributed by atoms with Crippen molar-refractivity contribution in [2.75, 3.05) is 31.1 Å². The van der Waals surface area contributed by atoms with Gasteiger partial charge in [-0.25, -0.2) is 4.79 Å². The van der Waals surface area contributed by atoms with Gasteiger partial charge in [0.15, 0.2) is 0 Å². The second-order valence-corrected chi connectivity index (χ2v) is 8.41. The molecule has 2 N–H and O–H groups in total. The highest BCUT2D eigenvalue weighted by Crippen LogP contribution is 2.31. The standard InChI is InChI=1S/C23H25ClN4O3/c1-16-7-8-18(24)15-19(16)27-11-13-28(14-12-27)20(29)9-10-23(17-5-3-2-4-6-17)21(30)25-22(31)26-23/h2-8,15H,9-14H2,1H3,(H2,25,26,30,31). The Labute approximate surface area is 186 Å². The van der Waals surface area contributed by atoms with E-state index >= 15 is 0 Å². The molecule has 2 saturated heterocycles. The molecule has 2 fully saturated rings. The molecule has 0 aliphatic carbocycles. The Morgan fingerprint density at radius 2 is 1.77 bits per heavy atom. The summed E-state index contributed by atoms with van der Waals surface area (Å²) in [6.07, 6.45) is 0.375. The molecule has 4 rings (SSSR count). The maximum atomic E-state index is 12.9. The van der Waals surface area contributed by atoms with Crippen LogP contribution in [0.4, 0.5) is 10.5 Å². The molecule has 8 heteroatoms. The van der Waals surface area contributed by atoms with Crippen LogP contribution in [-0.2, 0) is 15.1 Å². The average molecular weight is 441 g/mol. The molecule has 4 amide bonds. The number of nitrogens with one attached hydrogen (secondary N) is 2. The second-order valence-electron chi connectivity index (χ2n) is 7.98. The third-order valence-electron chi connectivity index (χ3n) is 6.07. The number of benzene rings is 2. The Balaban J connectivity index is 1.40. The number of carbonyl (C=O) groups is 3. The van der Waals surface area contributed by atoms with Crippen LogP contribution in [0.15, 0.2) is 48.5 Å². The molecule has 0 aromatic heterocycles. The quantitative estimate of drug-likeness (QED) is 0.700. The van der Waals surface area contributed by atoms with Gasteiger partial charge in [0.25, 0.3) is 5.91 Å². The summed E-state index contributed by atoms with van der Waals surface area (Å²) in [7, 11) is 0. The first-order valence-corrected chi connectivity index (χ1v) is 10.7. The van der Waals surface area contributed by atoms with E-state index in [1.807, 2.05) is 48.2 Å². The molecular formula is C23H25ClN4O3. The molecule has 0 spiro atoms. The van der Waals surface area contributed by atoms with Gasteiger partial charge in [-0.3, -0.25) is 14.9 Å². The Morgan fingerprint density at radius 1 is 1.06 bits per heavy atom. The lowest BCUT2D eigenvalue weighted by Gasteiger charge is -2.37. The van der Waals surface area contributed by atoms with Crippen LogP contribution < -0.4 is 15.5 Å². The summed E-state index contributed by atoms with van der Waals surface area (Å²) >= 11 is 6.15. The fourth-order valence-electron chi connectivity index (χ4n) is 4.31. The highest BCUT2D eigenvalue weighted by molar-refractivity contribution is 6.30. The number of piperazine rings is 1. The first kappa shape index (κ1) is 21.2. The van der Waals surface area contributed by atoms with Crippen molar-refractivity contribution in [1.82, 2.24) is 15.5 Å². The first-order valence-electron chi connectivity index (χ1n) is 10.4. The molecule has 2 aliphatic heterocycles. The topological polar surface area (TPSA) is 81.8 Å². The summed E-state index contributed by atoms with van der Waals surface area (Å²) < 4.78 is 0. The molecular weight excluding hydrogens is 416 g/mol. The van der Waals surface area contributed by atoms with Crippen LogP contribution in [-0.4, -0.2) is 48.9 Å². The van der Waals surface area contributed by atoms with Crippen molar-refractivity contribution in [2.24, 2.45) is 0 Å². The number of imide groups is 1. The number of halogens is 1. The molecule has 0 bridgehead atoms. The lowest BCUT2D eigenvalue weighted by Crippen LogP contribution is -2.50. The molecule has 7 nitrogen and oxygen atoms in total. The summed E-state index contributed by atoms with van der Waals surface area (Å²) in [6.45, 7) is 4.68. The van der Waals surface area contributed by atoms with Crippen LogP contribution in [0.3, 0.4) is 0 Å². The van der Waals surface area contributed by atoms with E-state index in [1.165, 1.54) is 0 Å². The number of nitrogens with zero attached hydrogens (tertiary/aromatic N) is 2.